The summed E-state index contributed by atoms with van der Waals surface area (Å²) < 4.78 is 40.4. The highest BCUT2D eigenvalue weighted by molar-refractivity contribution is 7.92. The van der Waals surface area contributed by atoms with Gasteiger partial charge in [0.1, 0.15) is 12.6 Å². The van der Waals surface area contributed by atoms with Gasteiger partial charge in [-0.2, -0.15) is 0 Å². The summed E-state index contributed by atoms with van der Waals surface area (Å²) in [6.45, 7) is 5.40. The molecule has 0 saturated carbocycles. The quantitative estimate of drug-likeness (QED) is 0.174. The third-order valence-corrected chi connectivity index (χ3v) is 9.91. The number of anilines is 1. The number of carbonyl (C=O) groups excluding carboxylic acids is 2. The zero-order valence-electron chi connectivity index (χ0n) is 27.6. The average molecular weight is 658 g/mol. The van der Waals surface area contributed by atoms with E-state index in [1.807, 2.05) is 75.4 Å². The van der Waals surface area contributed by atoms with Crippen molar-refractivity contribution in [2.45, 2.75) is 57.1 Å². The summed E-state index contributed by atoms with van der Waals surface area (Å²) in [6, 6.07) is 28.9. The molecule has 0 fully saturated rings. The van der Waals surface area contributed by atoms with E-state index in [1.165, 1.54) is 37.3 Å². The maximum atomic E-state index is 14.6. The van der Waals surface area contributed by atoms with Gasteiger partial charge in [0.15, 0.2) is 11.5 Å². The second-order valence-electron chi connectivity index (χ2n) is 11.3. The van der Waals surface area contributed by atoms with E-state index in [0.29, 0.717) is 17.9 Å². The highest BCUT2D eigenvalue weighted by Gasteiger charge is 2.35. The van der Waals surface area contributed by atoms with Crippen LogP contribution >= 0.6 is 0 Å². The molecular formula is C37H43N3O6S. The number of rotatable bonds is 15. The van der Waals surface area contributed by atoms with E-state index >= 15 is 0 Å². The Morgan fingerprint density at radius 3 is 2.06 bits per heavy atom. The molecule has 248 valence electrons. The molecule has 0 aliphatic heterocycles. The van der Waals surface area contributed by atoms with Crippen molar-refractivity contribution < 1.29 is 27.5 Å². The van der Waals surface area contributed by atoms with Gasteiger partial charge in [-0.1, -0.05) is 79.7 Å². The van der Waals surface area contributed by atoms with Crippen LogP contribution in [0.1, 0.15) is 37.0 Å². The lowest BCUT2D eigenvalue weighted by Gasteiger charge is -2.34. The molecule has 0 heterocycles. The van der Waals surface area contributed by atoms with Crippen LogP contribution in [0.3, 0.4) is 0 Å². The summed E-state index contributed by atoms with van der Waals surface area (Å²) in [7, 11) is -1.41. The van der Waals surface area contributed by atoms with Crippen molar-refractivity contribution in [1.82, 2.24) is 10.2 Å². The second kappa shape index (κ2) is 16.1. The van der Waals surface area contributed by atoms with Crippen LogP contribution in [0.25, 0.3) is 0 Å². The van der Waals surface area contributed by atoms with Crippen molar-refractivity contribution in [1.29, 1.82) is 0 Å². The van der Waals surface area contributed by atoms with Gasteiger partial charge in [0.25, 0.3) is 10.0 Å². The molecule has 0 aromatic heterocycles. The first kappa shape index (κ1) is 35.0. The van der Waals surface area contributed by atoms with Crippen LogP contribution in [0.2, 0.25) is 0 Å². The zero-order valence-corrected chi connectivity index (χ0v) is 28.4. The molecule has 0 aliphatic carbocycles. The molecule has 4 aromatic rings. The highest BCUT2D eigenvalue weighted by atomic mass is 32.2. The largest absolute Gasteiger partial charge is 0.493 e. The van der Waals surface area contributed by atoms with Gasteiger partial charge < -0.3 is 19.7 Å². The molecule has 4 aromatic carbocycles. The molecule has 1 N–H and O–H groups in total. The Balaban J connectivity index is 1.82. The summed E-state index contributed by atoms with van der Waals surface area (Å²) in [6.07, 6.45) is 0.954. The van der Waals surface area contributed by atoms with Crippen molar-refractivity contribution >= 4 is 27.5 Å². The van der Waals surface area contributed by atoms with Crippen LogP contribution in [0.4, 0.5) is 5.69 Å². The van der Waals surface area contributed by atoms with Gasteiger partial charge in [-0.05, 0) is 61.2 Å². The van der Waals surface area contributed by atoms with Crippen LogP contribution < -0.4 is 19.1 Å². The van der Waals surface area contributed by atoms with Crippen LogP contribution in [0.15, 0.2) is 108 Å². The fourth-order valence-corrected chi connectivity index (χ4v) is 6.62. The molecule has 0 saturated heterocycles. The molecule has 2 amide bonds. The predicted molar refractivity (Wildman–Crippen MR) is 184 cm³/mol. The van der Waals surface area contributed by atoms with Crippen LogP contribution in [-0.4, -0.2) is 58.0 Å². The molecule has 0 spiro atoms. The first-order valence-electron chi connectivity index (χ1n) is 15.6. The number of sulfonamides is 1. The number of amides is 2. The molecule has 0 unspecified atom stereocenters. The van der Waals surface area contributed by atoms with E-state index in [-0.39, 0.29) is 35.6 Å². The second-order valence-corrected chi connectivity index (χ2v) is 13.2. The fourth-order valence-electron chi connectivity index (χ4n) is 5.19. The third-order valence-electron chi connectivity index (χ3n) is 8.14. The molecule has 0 bridgehead atoms. The Kier molecular flexibility index (Phi) is 12.0. The van der Waals surface area contributed by atoms with E-state index in [2.05, 4.69) is 5.32 Å². The monoisotopic (exact) mass is 657 g/mol. The molecule has 10 heteroatoms. The van der Waals surface area contributed by atoms with E-state index in [4.69, 9.17) is 9.47 Å². The molecule has 4 rings (SSSR count). The lowest BCUT2D eigenvalue weighted by Crippen LogP contribution is -2.54. The smallest absolute Gasteiger partial charge is 0.264 e. The lowest BCUT2D eigenvalue weighted by molar-refractivity contribution is -0.140. The average Bonchev–Trinajstić information content (AvgIpc) is 3.09. The summed E-state index contributed by atoms with van der Waals surface area (Å²) in [5.41, 5.74) is 2.97. The Morgan fingerprint density at radius 1 is 0.830 bits per heavy atom. The molecule has 47 heavy (non-hydrogen) atoms. The zero-order chi connectivity index (χ0) is 34.0. The number of benzene rings is 4. The Morgan fingerprint density at radius 2 is 1.45 bits per heavy atom. The number of hydrogen-bond donors (Lipinski definition) is 1. The SMILES string of the molecule is CC[C@H](C)NC(=O)[C@@H](Cc1ccccc1)N(Cc1ccccc1C)C(=O)CN(c1ccccc1)S(=O)(=O)c1ccc(OC)c(OC)c1. The van der Waals surface area contributed by atoms with Crippen molar-refractivity contribution in [3.8, 4) is 11.5 Å². The number of nitrogens with zero attached hydrogens (tertiary/aromatic N) is 2. The minimum absolute atomic E-state index is 0.0763. The minimum Gasteiger partial charge on any atom is -0.493 e. The molecular weight excluding hydrogens is 614 g/mol. The maximum absolute atomic E-state index is 14.6. The van der Waals surface area contributed by atoms with E-state index in [0.717, 1.165) is 21.0 Å². The van der Waals surface area contributed by atoms with E-state index < -0.39 is 28.5 Å². The molecule has 2 atom stereocenters. The van der Waals surface area contributed by atoms with Gasteiger partial charge >= 0.3 is 0 Å². The topological polar surface area (TPSA) is 105 Å². The Hall–Kier alpha value is -4.83. The normalized spacial score (nSPS) is 12.4. The number of methoxy groups -OCH3 is 2. The van der Waals surface area contributed by atoms with Gasteiger partial charge in [0.05, 0.1) is 24.8 Å². The van der Waals surface area contributed by atoms with Crippen molar-refractivity contribution in [3.63, 3.8) is 0 Å². The van der Waals surface area contributed by atoms with Crippen molar-refractivity contribution in [3.05, 3.63) is 120 Å². The first-order chi connectivity index (χ1) is 22.6. The number of ether oxygens (including phenoxy) is 2. The Bertz CT molecular complexity index is 1750. The lowest BCUT2D eigenvalue weighted by atomic mass is 10.0. The summed E-state index contributed by atoms with van der Waals surface area (Å²) in [5.74, 6) is -0.228. The predicted octanol–water partition coefficient (Wildman–Crippen LogP) is 5.76. The number of para-hydroxylation sites is 1. The van der Waals surface area contributed by atoms with Gasteiger partial charge in [0, 0.05) is 25.1 Å². The van der Waals surface area contributed by atoms with Gasteiger partial charge in [-0.15, -0.1) is 0 Å². The number of hydrogen-bond acceptors (Lipinski definition) is 6. The standard InChI is InChI=1S/C37H43N3O6S/c1-6-28(3)38-37(42)33(23-29-16-9-7-10-17-29)39(25-30-18-14-13-15-27(30)2)36(41)26-40(31-19-11-8-12-20-31)47(43,44)32-21-22-34(45-4)35(24-32)46-5/h7-22,24,28,33H,6,23,25-26H2,1-5H3,(H,38,42)/t28-,33+/m0/s1. The van der Waals surface area contributed by atoms with Gasteiger partial charge in [0.2, 0.25) is 11.8 Å². The van der Waals surface area contributed by atoms with E-state index in [1.54, 1.807) is 30.3 Å². The highest BCUT2D eigenvalue weighted by Crippen LogP contribution is 2.32. The molecule has 0 radical (unpaired) electrons. The summed E-state index contributed by atoms with van der Waals surface area (Å²) >= 11 is 0. The number of carbonyl (C=O) groups is 2. The van der Waals surface area contributed by atoms with Crippen molar-refractivity contribution in [2.75, 3.05) is 25.1 Å². The Labute approximate surface area is 278 Å². The third kappa shape index (κ3) is 8.71. The fraction of sp³-hybridized carbons (Fsp3) is 0.297. The van der Waals surface area contributed by atoms with Crippen molar-refractivity contribution in [2.24, 2.45) is 0 Å². The van der Waals surface area contributed by atoms with E-state index in [9.17, 15) is 18.0 Å². The first-order valence-corrected chi connectivity index (χ1v) is 17.0. The molecule has 9 nitrogen and oxygen atoms in total. The molecule has 0 aliphatic rings. The summed E-state index contributed by atoms with van der Waals surface area (Å²) in [5, 5.41) is 3.06. The number of nitrogens with one attached hydrogen (secondary N) is 1. The van der Waals surface area contributed by atoms with Gasteiger partial charge in [-0.25, -0.2) is 8.42 Å². The summed E-state index contributed by atoms with van der Waals surface area (Å²) in [4.78, 5) is 30.0. The van der Waals surface area contributed by atoms with Crippen LogP contribution in [0.5, 0.6) is 11.5 Å². The number of aryl methyl sites for hydroxylation is 1. The minimum atomic E-state index is -4.30. The van der Waals surface area contributed by atoms with Crippen LogP contribution in [0, 0.1) is 6.92 Å². The van der Waals surface area contributed by atoms with Crippen LogP contribution in [-0.2, 0) is 32.6 Å². The van der Waals surface area contributed by atoms with Gasteiger partial charge in [-0.3, -0.25) is 13.9 Å². The maximum Gasteiger partial charge on any atom is 0.264 e.